The van der Waals surface area contributed by atoms with Crippen molar-refractivity contribution in [3.8, 4) is 0 Å². The number of likely N-dealkylation sites (tertiary alicyclic amines) is 1. The van der Waals surface area contributed by atoms with Gasteiger partial charge in [-0.15, -0.1) is 12.4 Å². The number of hydrogen-bond acceptors (Lipinski definition) is 3. The van der Waals surface area contributed by atoms with E-state index in [0.717, 1.165) is 44.2 Å². The highest BCUT2D eigenvalue weighted by atomic mass is 35.5. The summed E-state index contributed by atoms with van der Waals surface area (Å²) in [6.07, 6.45) is 8.13. The van der Waals surface area contributed by atoms with E-state index in [1.807, 2.05) is 40.1 Å². The van der Waals surface area contributed by atoms with Crippen molar-refractivity contribution in [1.29, 1.82) is 0 Å². The fraction of sp³-hybridized carbons (Fsp3) is 0.600. The number of halogens is 1. The van der Waals surface area contributed by atoms with Gasteiger partial charge in [0, 0.05) is 11.7 Å². The Balaban J connectivity index is 0.00000243. The van der Waals surface area contributed by atoms with Gasteiger partial charge in [0.2, 0.25) is 5.91 Å². The lowest BCUT2D eigenvalue weighted by molar-refractivity contribution is -0.145. The molecule has 0 spiro atoms. The molecule has 0 bridgehead atoms. The SMILES string of the molecule is Cl.O=C(O)C1CCCCN1CC(=O)N(c1ccccc1)C1CCCCC1. The number of piperidine rings is 1. The zero-order chi connectivity index (χ0) is 17.6. The molecule has 1 atom stereocenters. The highest BCUT2D eigenvalue weighted by molar-refractivity contribution is 5.95. The number of anilines is 1. The van der Waals surface area contributed by atoms with Crippen molar-refractivity contribution < 1.29 is 14.7 Å². The zero-order valence-electron chi connectivity index (χ0n) is 15.2. The Morgan fingerprint density at radius 3 is 2.31 bits per heavy atom. The van der Waals surface area contributed by atoms with Gasteiger partial charge in [-0.2, -0.15) is 0 Å². The summed E-state index contributed by atoms with van der Waals surface area (Å²) in [5, 5.41) is 9.46. The Morgan fingerprint density at radius 1 is 1.00 bits per heavy atom. The van der Waals surface area contributed by atoms with Crippen LogP contribution in [0.1, 0.15) is 51.4 Å². The molecule has 1 unspecified atom stereocenters. The topological polar surface area (TPSA) is 60.9 Å². The van der Waals surface area contributed by atoms with Gasteiger partial charge in [-0.1, -0.05) is 43.9 Å². The Bertz CT molecular complexity index is 590. The van der Waals surface area contributed by atoms with E-state index < -0.39 is 12.0 Å². The lowest BCUT2D eigenvalue weighted by Gasteiger charge is -2.38. The van der Waals surface area contributed by atoms with Gasteiger partial charge in [0.15, 0.2) is 0 Å². The number of amides is 1. The molecule has 1 aromatic rings. The van der Waals surface area contributed by atoms with Crippen LogP contribution in [0.15, 0.2) is 30.3 Å². The molecule has 1 saturated carbocycles. The molecule has 1 aliphatic carbocycles. The number of carboxylic acid groups (broad SMARTS) is 1. The lowest BCUT2D eigenvalue weighted by Crippen LogP contribution is -2.52. The van der Waals surface area contributed by atoms with Crippen LogP contribution in [0.5, 0.6) is 0 Å². The standard InChI is InChI=1S/C20H28N2O3.ClH/c23-19(15-21-14-8-7-13-18(21)20(24)25)22(16-9-3-1-4-10-16)17-11-5-2-6-12-17;/h1,3-4,9-10,17-18H,2,5-8,11-15H2,(H,24,25);1H. The first-order chi connectivity index (χ1) is 12.2. The number of aliphatic carboxylic acids is 1. The molecule has 144 valence electrons. The first-order valence-electron chi connectivity index (χ1n) is 9.51. The molecule has 1 heterocycles. The van der Waals surface area contributed by atoms with Gasteiger partial charge in [-0.05, 0) is 44.4 Å². The second-order valence-electron chi connectivity index (χ2n) is 7.21. The molecular formula is C20H29ClN2O3. The zero-order valence-corrected chi connectivity index (χ0v) is 16.0. The van der Waals surface area contributed by atoms with Crippen molar-refractivity contribution in [2.45, 2.75) is 63.5 Å². The van der Waals surface area contributed by atoms with Gasteiger partial charge < -0.3 is 10.0 Å². The Hall–Kier alpha value is -1.59. The predicted octanol–water partition coefficient (Wildman–Crippen LogP) is 3.71. The number of benzene rings is 1. The molecule has 0 aromatic heterocycles. The smallest absolute Gasteiger partial charge is 0.320 e. The molecule has 3 rings (SSSR count). The molecule has 2 fully saturated rings. The molecule has 1 aliphatic heterocycles. The van der Waals surface area contributed by atoms with Crippen molar-refractivity contribution in [1.82, 2.24) is 4.90 Å². The summed E-state index contributed by atoms with van der Waals surface area (Å²) in [5.74, 6) is -0.775. The Kier molecular flexibility index (Phi) is 7.91. The second-order valence-corrected chi connectivity index (χ2v) is 7.21. The van der Waals surface area contributed by atoms with Crippen molar-refractivity contribution in [3.63, 3.8) is 0 Å². The lowest BCUT2D eigenvalue weighted by atomic mass is 9.93. The number of hydrogen-bond donors (Lipinski definition) is 1. The van der Waals surface area contributed by atoms with Gasteiger partial charge >= 0.3 is 5.97 Å². The molecular weight excluding hydrogens is 352 g/mol. The van der Waals surface area contributed by atoms with E-state index in [1.54, 1.807) is 0 Å². The quantitative estimate of drug-likeness (QED) is 0.845. The summed E-state index contributed by atoms with van der Waals surface area (Å²) in [6, 6.07) is 9.55. The maximum absolute atomic E-state index is 13.2. The monoisotopic (exact) mass is 380 g/mol. The van der Waals surface area contributed by atoms with Crippen LogP contribution in [0.3, 0.4) is 0 Å². The largest absolute Gasteiger partial charge is 0.480 e. The molecule has 26 heavy (non-hydrogen) atoms. The maximum atomic E-state index is 13.2. The van der Waals surface area contributed by atoms with E-state index in [2.05, 4.69) is 0 Å². The van der Waals surface area contributed by atoms with Crippen molar-refractivity contribution >= 4 is 30.0 Å². The Morgan fingerprint density at radius 2 is 1.65 bits per heavy atom. The van der Waals surface area contributed by atoms with E-state index in [0.29, 0.717) is 13.0 Å². The third kappa shape index (κ3) is 4.98. The van der Waals surface area contributed by atoms with Gasteiger partial charge in [0.1, 0.15) is 6.04 Å². The first kappa shape index (κ1) is 20.7. The normalized spacial score (nSPS) is 21.6. The first-order valence-corrected chi connectivity index (χ1v) is 9.51. The average molecular weight is 381 g/mol. The van der Waals surface area contributed by atoms with Crippen LogP contribution in [-0.2, 0) is 9.59 Å². The predicted molar refractivity (Wildman–Crippen MR) is 105 cm³/mol. The average Bonchev–Trinajstić information content (AvgIpc) is 2.64. The number of carbonyl (C=O) groups is 2. The highest BCUT2D eigenvalue weighted by Gasteiger charge is 2.33. The van der Waals surface area contributed by atoms with Crippen LogP contribution in [0, 0.1) is 0 Å². The molecule has 1 aromatic carbocycles. The highest BCUT2D eigenvalue weighted by Crippen LogP contribution is 2.28. The summed E-state index contributed by atoms with van der Waals surface area (Å²) >= 11 is 0. The molecule has 1 saturated heterocycles. The van der Waals surface area contributed by atoms with E-state index in [1.165, 1.54) is 6.42 Å². The summed E-state index contributed by atoms with van der Waals surface area (Å²) < 4.78 is 0. The van der Waals surface area contributed by atoms with Crippen LogP contribution in [0.25, 0.3) is 0 Å². The third-order valence-corrected chi connectivity index (χ3v) is 5.48. The van der Waals surface area contributed by atoms with Crippen molar-refractivity contribution in [3.05, 3.63) is 30.3 Å². The molecule has 5 nitrogen and oxygen atoms in total. The van der Waals surface area contributed by atoms with Crippen molar-refractivity contribution in [2.24, 2.45) is 0 Å². The fourth-order valence-corrected chi connectivity index (χ4v) is 4.20. The summed E-state index contributed by atoms with van der Waals surface area (Å²) in [6.45, 7) is 0.887. The molecule has 2 aliphatic rings. The number of para-hydroxylation sites is 1. The number of carbonyl (C=O) groups excluding carboxylic acids is 1. The molecule has 1 amide bonds. The van der Waals surface area contributed by atoms with Crippen LogP contribution >= 0.6 is 12.4 Å². The minimum Gasteiger partial charge on any atom is -0.480 e. The van der Waals surface area contributed by atoms with Crippen LogP contribution in [0.2, 0.25) is 0 Å². The summed E-state index contributed by atoms with van der Waals surface area (Å²) in [4.78, 5) is 28.5. The third-order valence-electron chi connectivity index (χ3n) is 5.48. The van der Waals surface area contributed by atoms with E-state index in [4.69, 9.17) is 0 Å². The van der Waals surface area contributed by atoms with Gasteiger partial charge in [0.05, 0.1) is 6.54 Å². The van der Waals surface area contributed by atoms with Gasteiger partial charge in [0.25, 0.3) is 0 Å². The van der Waals surface area contributed by atoms with E-state index >= 15 is 0 Å². The number of nitrogens with zero attached hydrogens (tertiary/aromatic N) is 2. The van der Waals surface area contributed by atoms with Gasteiger partial charge in [-0.3, -0.25) is 14.5 Å². The summed E-state index contributed by atoms with van der Waals surface area (Å²) in [5.41, 5.74) is 0.934. The number of rotatable bonds is 5. The van der Waals surface area contributed by atoms with E-state index in [-0.39, 0.29) is 30.9 Å². The second kappa shape index (κ2) is 9.93. The van der Waals surface area contributed by atoms with Crippen LogP contribution in [0.4, 0.5) is 5.69 Å². The van der Waals surface area contributed by atoms with Gasteiger partial charge in [-0.25, -0.2) is 0 Å². The molecule has 6 heteroatoms. The minimum absolute atomic E-state index is 0. The van der Waals surface area contributed by atoms with E-state index in [9.17, 15) is 14.7 Å². The van der Waals surface area contributed by atoms with Crippen molar-refractivity contribution in [2.75, 3.05) is 18.0 Å². The maximum Gasteiger partial charge on any atom is 0.320 e. The minimum atomic E-state index is -0.809. The summed E-state index contributed by atoms with van der Waals surface area (Å²) in [7, 11) is 0. The molecule has 0 radical (unpaired) electrons. The molecule has 1 N–H and O–H groups in total. The van der Waals surface area contributed by atoms with Crippen LogP contribution < -0.4 is 4.90 Å². The number of carboxylic acids is 1. The van der Waals surface area contributed by atoms with Crippen LogP contribution in [-0.4, -0.2) is 47.1 Å². The fourth-order valence-electron chi connectivity index (χ4n) is 4.20. The Labute approximate surface area is 161 Å².